The van der Waals surface area contributed by atoms with Gasteiger partial charge in [0.25, 0.3) is 0 Å². The van der Waals surface area contributed by atoms with Gasteiger partial charge in [0.05, 0.1) is 0 Å². The Bertz CT molecular complexity index is 460. The van der Waals surface area contributed by atoms with Gasteiger partial charge in [-0.3, -0.25) is 4.79 Å². The highest BCUT2D eigenvalue weighted by molar-refractivity contribution is 9.10. The Morgan fingerprint density at radius 2 is 2.12 bits per heavy atom. The molecule has 0 amide bonds. The molecular weight excluding hydrogens is 276 g/mol. The number of hydrogen-bond donors (Lipinski definition) is 0. The van der Waals surface area contributed by atoms with E-state index in [4.69, 9.17) is 0 Å². The first-order valence-electron chi connectivity index (χ1n) is 6.23. The summed E-state index contributed by atoms with van der Waals surface area (Å²) in [4.78, 5) is 12.0. The molecule has 0 fully saturated rings. The molecule has 1 nitrogen and oxygen atoms in total. The molecule has 0 bridgehead atoms. The average Bonchev–Trinajstić information content (AvgIpc) is 2.68. The number of Topliss-reactive ketones (excluding diaryl/α,β-unsaturated/α-hetero) is 1. The zero-order valence-electron chi connectivity index (χ0n) is 10.1. The van der Waals surface area contributed by atoms with Crippen LogP contribution in [0.25, 0.3) is 5.57 Å². The maximum absolute atomic E-state index is 12.0. The summed E-state index contributed by atoms with van der Waals surface area (Å²) in [5.74, 6) is 0.314. The fourth-order valence-electron chi connectivity index (χ4n) is 2.36. The van der Waals surface area contributed by atoms with E-state index in [1.54, 1.807) is 0 Å². The molecule has 0 aliphatic heterocycles. The van der Waals surface area contributed by atoms with E-state index in [0.29, 0.717) is 12.2 Å². The van der Waals surface area contributed by atoms with Crippen molar-refractivity contribution in [1.82, 2.24) is 0 Å². The molecule has 0 spiro atoms. The maximum atomic E-state index is 12.0. The SMILES string of the molecule is CCCCC1=C(c2cccc(Br)c2)C(=O)CC1. The minimum Gasteiger partial charge on any atom is -0.294 e. The number of ketones is 1. The molecule has 0 N–H and O–H groups in total. The van der Waals surface area contributed by atoms with Crippen molar-refractivity contribution in [3.63, 3.8) is 0 Å². The van der Waals surface area contributed by atoms with E-state index in [0.717, 1.165) is 28.5 Å². The molecule has 0 unspecified atom stereocenters. The Hall–Kier alpha value is -0.890. The zero-order valence-corrected chi connectivity index (χ0v) is 11.7. The lowest BCUT2D eigenvalue weighted by molar-refractivity contribution is -0.113. The number of rotatable bonds is 4. The third kappa shape index (κ3) is 2.86. The first-order chi connectivity index (χ1) is 8.22. The summed E-state index contributed by atoms with van der Waals surface area (Å²) >= 11 is 3.47. The summed E-state index contributed by atoms with van der Waals surface area (Å²) in [6.45, 7) is 2.19. The number of carbonyl (C=O) groups is 1. The van der Waals surface area contributed by atoms with E-state index >= 15 is 0 Å². The van der Waals surface area contributed by atoms with Gasteiger partial charge in [0.15, 0.2) is 5.78 Å². The fourth-order valence-corrected chi connectivity index (χ4v) is 2.76. The predicted molar refractivity (Wildman–Crippen MR) is 74.8 cm³/mol. The molecule has 2 heteroatoms. The van der Waals surface area contributed by atoms with Crippen molar-refractivity contribution in [3.05, 3.63) is 39.9 Å². The number of hydrogen-bond acceptors (Lipinski definition) is 1. The molecule has 1 aromatic rings. The lowest BCUT2D eigenvalue weighted by Crippen LogP contribution is -1.96. The topological polar surface area (TPSA) is 17.1 Å². The second-order valence-corrected chi connectivity index (χ2v) is 5.43. The van der Waals surface area contributed by atoms with Crippen LogP contribution in [0.2, 0.25) is 0 Å². The normalized spacial score (nSPS) is 15.8. The Kier molecular flexibility index (Phi) is 4.16. The highest BCUT2D eigenvalue weighted by Crippen LogP contribution is 2.34. The maximum Gasteiger partial charge on any atom is 0.163 e. The summed E-state index contributed by atoms with van der Waals surface area (Å²) in [6.07, 6.45) is 5.09. The molecule has 1 aliphatic carbocycles. The number of halogens is 1. The summed E-state index contributed by atoms with van der Waals surface area (Å²) in [5.41, 5.74) is 3.42. The van der Waals surface area contributed by atoms with E-state index in [1.807, 2.05) is 24.3 Å². The predicted octanol–water partition coefficient (Wildman–Crippen LogP) is 4.76. The van der Waals surface area contributed by atoms with Crippen molar-refractivity contribution in [1.29, 1.82) is 0 Å². The van der Waals surface area contributed by atoms with Crippen molar-refractivity contribution >= 4 is 27.3 Å². The van der Waals surface area contributed by atoms with Crippen LogP contribution in [0, 0.1) is 0 Å². The molecule has 0 heterocycles. The van der Waals surface area contributed by atoms with Gasteiger partial charge in [-0.2, -0.15) is 0 Å². The van der Waals surface area contributed by atoms with Gasteiger partial charge in [-0.15, -0.1) is 0 Å². The molecule has 1 aliphatic rings. The highest BCUT2D eigenvalue weighted by Gasteiger charge is 2.23. The van der Waals surface area contributed by atoms with Crippen molar-refractivity contribution in [2.45, 2.75) is 39.0 Å². The van der Waals surface area contributed by atoms with Gasteiger partial charge in [0.2, 0.25) is 0 Å². The molecular formula is C15H17BrO. The monoisotopic (exact) mass is 292 g/mol. The van der Waals surface area contributed by atoms with Crippen LogP contribution in [0.15, 0.2) is 34.3 Å². The lowest BCUT2D eigenvalue weighted by atomic mass is 9.98. The average molecular weight is 293 g/mol. The summed E-state index contributed by atoms with van der Waals surface area (Å²) < 4.78 is 1.04. The molecule has 0 atom stereocenters. The van der Waals surface area contributed by atoms with Gasteiger partial charge in [-0.05, 0) is 37.0 Å². The van der Waals surface area contributed by atoms with Crippen molar-refractivity contribution in [3.8, 4) is 0 Å². The third-order valence-electron chi connectivity index (χ3n) is 3.23. The largest absolute Gasteiger partial charge is 0.294 e. The number of benzene rings is 1. The smallest absolute Gasteiger partial charge is 0.163 e. The Balaban J connectivity index is 2.35. The fraction of sp³-hybridized carbons (Fsp3) is 0.400. The first-order valence-corrected chi connectivity index (χ1v) is 7.03. The molecule has 0 radical (unpaired) electrons. The lowest BCUT2D eigenvalue weighted by Gasteiger charge is -2.06. The van der Waals surface area contributed by atoms with Crippen LogP contribution in [-0.4, -0.2) is 5.78 Å². The molecule has 0 saturated heterocycles. The third-order valence-corrected chi connectivity index (χ3v) is 3.72. The number of allylic oxidation sites excluding steroid dienone is 2. The minimum absolute atomic E-state index is 0.314. The zero-order chi connectivity index (χ0) is 12.3. The van der Waals surface area contributed by atoms with Crippen LogP contribution in [0.4, 0.5) is 0 Å². The van der Waals surface area contributed by atoms with Crippen LogP contribution < -0.4 is 0 Å². The quantitative estimate of drug-likeness (QED) is 0.782. The van der Waals surface area contributed by atoms with Crippen LogP contribution in [0.3, 0.4) is 0 Å². The number of unbranched alkanes of at least 4 members (excludes halogenated alkanes) is 1. The summed E-state index contributed by atoms with van der Waals surface area (Å²) in [5, 5.41) is 0. The standard InChI is InChI=1S/C15H17BrO/c1-2-3-5-11-8-9-14(17)15(11)12-6-4-7-13(16)10-12/h4,6-7,10H,2-3,5,8-9H2,1H3. The van der Waals surface area contributed by atoms with Crippen molar-refractivity contribution in [2.75, 3.05) is 0 Å². The van der Waals surface area contributed by atoms with Gasteiger partial charge in [0.1, 0.15) is 0 Å². The Morgan fingerprint density at radius 3 is 2.82 bits per heavy atom. The van der Waals surface area contributed by atoms with Gasteiger partial charge < -0.3 is 0 Å². The van der Waals surface area contributed by atoms with E-state index in [1.165, 1.54) is 18.4 Å². The van der Waals surface area contributed by atoms with Gasteiger partial charge in [-0.25, -0.2) is 0 Å². The van der Waals surface area contributed by atoms with Gasteiger partial charge in [0, 0.05) is 16.5 Å². The molecule has 0 aromatic heterocycles. The highest BCUT2D eigenvalue weighted by atomic mass is 79.9. The van der Waals surface area contributed by atoms with Gasteiger partial charge >= 0.3 is 0 Å². The van der Waals surface area contributed by atoms with E-state index in [-0.39, 0.29) is 0 Å². The molecule has 17 heavy (non-hydrogen) atoms. The van der Waals surface area contributed by atoms with E-state index in [9.17, 15) is 4.79 Å². The van der Waals surface area contributed by atoms with E-state index < -0.39 is 0 Å². The first kappa shape index (κ1) is 12.6. The Labute approximate surface area is 111 Å². The van der Waals surface area contributed by atoms with Crippen LogP contribution in [0.5, 0.6) is 0 Å². The van der Waals surface area contributed by atoms with Crippen molar-refractivity contribution < 1.29 is 4.79 Å². The van der Waals surface area contributed by atoms with Crippen LogP contribution in [0.1, 0.15) is 44.6 Å². The molecule has 2 rings (SSSR count). The molecule has 0 saturated carbocycles. The Morgan fingerprint density at radius 1 is 1.29 bits per heavy atom. The summed E-state index contributed by atoms with van der Waals surface area (Å²) in [7, 11) is 0. The second kappa shape index (κ2) is 5.63. The van der Waals surface area contributed by atoms with Gasteiger partial charge in [-0.1, -0.05) is 47.0 Å². The number of carbonyl (C=O) groups excluding carboxylic acids is 1. The summed E-state index contributed by atoms with van der Waals surface area (Å²) in [6, 6.07) is 8.07. The van der Waals surface area contributed by atoms with E-state index in [2.05, 4.69) is 22.9 Å². The van der Waals surface area contributed by atoms with Crippen LogP contribution in [-0.2, 0) is 4.79 Å². The van der Waals surface area contributed by atoms with Crippen molar-refractivity contribution in [2.24, 2.45) is 0 Å². The minimum atomic E-state index is 0.314. The van der Waals surface area contributed by atoms with Crippen LogP contribution >= 0.6 is 15.9 Å². The molecule has 1 aromatic carbocycles. The second-order valence-electron chi connectivity index (χ2n) is 4.52. The molecule has 90 valence electrons.